The van der Waals surface area contributed by atoms with Gasteiger partial charge in [-0.05, 0) is 11.1 Å². The molecule has 2 unspecified atom stereocenters. The quantitative estimate of drug-likeness (QED) is 0.554. The molecule has 2 atom stereocenters. The summed E-state index contributed by atoms with van der Waals surface area (Å²) in [6, 6.07) is 7.56. The first-order valence-corrected chi connectivity index (χ1v) is 6.68. The molecule has 4 rings (SSSR count). The molecule has 7 heteroatoms. The van der Waals surface area contributed by atoms with Gasteiger partial charge in [-0.3, -0.25) is 14.9 Å². The van der Waals surface area contributed by atoms with E-state index >= 15 is 0 Å². The molecule has 0 radical (unpaired) electrons. The number of nitrogens with one attached hydrogen (secondary N) is 3. The van der Waals surface area contributed by atoms with Gasteiger partial charge in [0.15, 0.2) is 5.65 Å². The van der Waals surface area contributed by atoms with E-state index in [0.29, 0.717) is 23.4 Å². The van der Waals surface area contributed by atoms with Crippen molar-refractivity contribution in [2.24, 2.45) is 0 Å². The zero-order valence-corrected chi connectivity index (χ0v) is 11.0. The number of hydrogen-bond donors (Lipinski definition) is 4. The molecule has 106 valence electrons. The Kier molecular flexibility index (Phi) is 2.55. The van der Waals surface area contributed by atoms with Crippen molar-refractivity contribution in [2.45, 2.75) is 18.6 Å². The molecule has 3 aromatic rings. The van der Waals surface area contributed by atoms with Crippen molar-refractivity contribution >= 4 is 17.0 Å². The summed E-state index contributed by atoms with van der Waals surface area (Å²) >= 11 is 0. The number of aliphatic hydroxyl groups is 1. The van der Waals surface area contributed by atoms with Gasteiger partial charge in [0.2, 0.25) is 5.95 Å². The number of aromatic nitrogens is 4. The number of aliphatic hydroxyl groups excluding tert-OH is 1. The fourth-order valence-corrected chi connectivity index (χ4v) is 2.81. The van der Waals surface area contributed by atoms with E-state index in [0.717, 1.165) is 11.1 Å². The highest BCUT2D eigenvalue weighted by molar-refractivity contribution is 5.73. The lowest BCUT2D eigenvalue weighted by molar-refractivity contribution is 0.165. The summed E-state index contributed by atoms with van der Waals surface area (Å²) in [4.78, 5) is 18.8. The number of anilines is 1. The van der Waals surface area contributed by atoms with Gasteiger partial charge in [0, 0.05) is 6.42 Å². The second-order valence-corrected chi connectivity index (χ2v) is 5.14. The number of aromatic amines is 2. The van der Waals surface area contributed by atoms with Crippen LogP contribution in [0.3, 0.4) is 0 Å². The summed E-state index contributed by atoms with van der Waals surface area (Å²) in [5, 5.41) is 20.2. The molecule has 1 aliphatic rings. The molecule has 21 heavy (non-hydrogen) atoms. The second kappa shape index (κ2) is 4.42. The van der Waals surface area contributed by atoms with Crippen molar-refractivity contribution in [3.63, 3.8) is 0 Å². The van der Waals surface area contributed by atoms with Crippen molar-refractivity contribution in [3.05, 3.63) is 51.9 Å². The van der Waals surface area contributed by atoms with E-state index in [-0.39, 0.29) is 11.6 Å². The highest BCUT2D eigenvalue weighted by Gasteiger charge is 2.31. The average molecular weight is 283 g/mol. The number of hydrogen-bond acceptors (Lipinski definition) is 5. The summed E-state index contributed by atoms with van der Waals surface area (Å²) in [6.07, 6.45) is 1.47. The lowest BCUT2D eigenvalue weighted by atomic mass is 10.1. The lowest BCUT2D eigenvalue weighted by Crippen LogP contribution is -2.23. The number of fused-ring (bicyclic) bond motifs is 2. The maximum absolute atomic E-state index is 11.9. The predicted molar refractivity (Wildman–Crippen MR) is 77.0 cm³/mol. The van der Waals surface area contributed by atoms with Gasteiger partial charge in [-0.1, -0.05) is 24.3 Å². The Bertz CT molecular complexity index is 869. The Morgan fingerprint density at radius 1 is 1.33 bits per heavy atom. The van der Waals surface area contributed by atoms with Gasteiger partial charge < -0.3 is 10.4 Å². The normalized spacial score (nSPS) is 20.6. The number of nitrogens with zero attached hydrogens (tertiary/aromatic N) is 2. The predicted octanol–water partition coefficient (Wildman–Crippen LogP) is 0.716. The van der Waals surface area contributed by atoms with Crippen LogP contribution < -0.4 is 10.9 Å². The Labute approximate surface area is 119 Å². The Morgan fingerprint density at radius 3 is 3.10 bits per heavy atom. The molecule has 0 saturated carbocycles. The summed E-state index contributed by atoms with van der Waals surface area (Å²) in [6.45, 7) is 0. The van der Waals surface area contributed by atoms with Crippen LogP contribution in [0.5, 0.6) is 0 Å². The summed E-state index contributed by atoms with van der Waals surface area (Å²) < 4.78 is 0. The van der Waals surface area contributed by atoms with Crippen LogP contribution in [-0.2, 0) is 6.42 Å². The molecule has 2 heterocycles. The van der Waals surface area contributed by atoms with Gasteiger partial charge in [-0.15, -0.1) is 0 Å². The molecule has 0 amide bonds. The van der Waals surface area contributed by atoms with Crippen LogP contribution >= 0.6 is 0 Å². The molecule has 0 aliphatic heterocycles. The lowest BCUT2D eigenvalue weighted by Gasteiger charge is -2.18. The standard InChI is InChI=1S/C14H13N5O2/c20-10-5-7-3-1-2-4-8(7)11(10)16-14-17-12-9(6-15-19-12)13(21)18-14/h1-4,6,10-11,20H,5H2,(H3,15,16,17,18,19,21). The molecule has 0 spiro atoms. The van der Waals surface area contributed by atoms with Crippen LogP contribution in [0.4, 0.5) is 5.95 Å². The maximum Gasteiger partial charge on any atom is 0.263 e. The molecule has 1 aliphatic carbocycles. The Morgan fingerprint density at radius 2 is 2.19 bits per heavy atom. The van der Waals surface area contributed by atoms with Crippen LogP contribution in [0.1, 0.15) is 17.2 Å². The van der Waals surface area contributed by atoms with E-state index in [2.05, 4.69) is 25.5 Å². The molecule has 0 fully saturated rings. The van der Waals surface area contributed by atoms with Gasteiger partial charge in [0.1, 0.15) is 5.39 Å². The van der Waals surface area contributed by atoms with E-state index in [1.165, 1.54) is 6.20 Å². The largest absolute Gasteiger partial charge is 0.390 e. The first kappa shape index (κ1) is 12.1. The van der Waals surface area contributed by atoms with Gasteiger partial charge in [-0.25, -0.2) is 0 Å². The molecule has 1 aromatic carbocycles. The van der Waals surface area contributed by atoms with E-state index < -0.39 is 6.10 Å². The minimum absolute atomic E-state index is 0.267. The SMILES string of the molecule is O=c1[nH]c(NC2c3ccccc3CC2O)nc2[nH]ncc12. The van der Waals surface area contributed by atoms with E-state index in [9.17, 15) is 9.90 Å². The van der Waals surface area contributed by atoms with Gasteiger partial charge >= 0.3 is 0 Å². The summed E-state index contributed by atoms with van der Waals surface area (Å²) in [5.41, 5.74) is 2.28. The smallest absolute Gasteiger partial charge is 0.263 e. The topological polar surface area (TPSA) is 107 Å². The highest BCUT2D eigenvalue weighted by Crippen LogP contribution is 2.33. The summed E-state index contributed by atoms with van der Waals surface area (Å²) in [7, 11) is 0. The second-order valence-electron chi connectivity index (χ2n) is 5.14. The van der Waals surface area contributed by atoms with Gasteiger partial charge in [0.25, 0.3) is 5.56 Å². The highest BCUT2D eigenvalue weighted by atomic mass is 16.3. The van der Waals surface area contributed by atoms with Crippen LogP contribution in [0.15, 0.2) is 35.3 Å². The molecular formula is C14H13N5O2. The minimum atomic E-state index is -0.551. The van der Waals surface area contributed by atoms with Crippen molar-refractivity contribution in [3.8, 4) is 0 Å². The van der Waals surface area contributed by atoms with E-state index in [1.807, 2.05) is 24.3 Å². The van der Waals surface area contributed by atoms with Crippen molar-refractivity contribution in [1.29, 1.82) is 0 Å². The number of benzene rings is 1. The van der Waals surface area contributed by atoms with E-state index in [4.69, 9.17) is 0 Å². The minimum Gasteiger partial charge on any atom is -0.390 e. The number of H-pyrrole nitrogens is 2. The van der Waals surface area contributed by atoms with Crippen LogP contribution in [-0.4, -0.2) is 31.4 Å². The van der Waals surface area contributed by atoms with Gasteiger partial charge in [0.05, 0.1) is 18.3 Å². The van der Waals surface area contributed by atoms with Gasteiger partial charge in [-0.2, -0.15) is 10.1 Å². The zero-order chi connectivity index (χ0) is 14.4. The Balaban J connectivity index is 1.73. The molecular weight excluding hydrogens is 270 g/mol. The van der Waals surface area contributed by atoms with Crippen molar-refractivity contribution < 1.29 is 5.11 Å². The fourth-order valence-electron chi connectivity index (χ4n) is 2.81. The molecule has 7 nitrogen and oxygen atoms in total. The number of rotatable bonds is 2. The monoisotopic (exact) mass is 283 g/mol. The van der Waals surface area contributed by atoms with Crippen LogP contribution in [0.2, 0.25) is 0 Å². The molecule has 0 saturated heterocycles. The van der Waals surface area contributed by atoms with Crippen LogP contribution in [0.25, 0.3) is 11.0 Å². The van der Waals surface area contributed by atoms with Crippen LogP contribution in [0, 0.1) is 0 Å². The molecule has 2 aromatic heterocycles. The third-order valence-corrected chi connectivity index (χ3v) is 3.82. The maximum atomic E-state index is 11.9. The summed E-state index contributed by atoms with van der Waals surface area (Å²) in [5.74, 6) is 0.317. The first-order chi connectivity index (χ1) is 10.2. The molecule has 0 bridgehead atoms. The third-order valence-electron chi connectivity index (χ3n) is 3.82. The molecule has 4 N–H and O–H groups in total. The Hall–Kier alpha value is -2.67. The fraction of sp³-hybridized carbons (Fsp3) is 0.214. The van der Waals surface area contributed by atoms with Crippen molar-refractivity contribution in [2.75, 3.05) is 5.32 Å². The third kappa shape index (κ3) is 1.90. The average Bonchev–Trinajstić information content (AvgIpc) is 3.05. The van der Waals surface area contributed by atoms with E-state index in [1.54, 1.807) is 0 Å². The first-order valence-electron chi connectivity index (χ1n) is 6.68. The van der Waals surface area contributed by atoms with Crippen molar-refractivity contribution in [1.82, 2.24) is 20.2 Å². The zero-order valence-electron chi connectivity index (χ0n) is 11.0.